The van der Waals surface area contributed by atoms with Gasteiger partial charge in [-0.2, -0.15) is 0 Å². The minimum atomic E-state index is -0.853. The molecule has 0 amide bonds. The number of benzene rings is 1. The third kappa shape index (κ3) is 2.96. The van der Waals surface area contributed by atoms with E-state index in [4.69, 9.17) is 5.11 Å². The number of phenolic OH excluding ortho intramolecular Hbond substituents is 1. The molecule has 3 nitrogen and oxygen atoms in total. The zero-order valence-corrected chi connectivity index (χ0v) is 8.67. The van der Waals surface area contributed by atoms with E-state index in [-0.39, 0.29) is 12.2 Å². The first-order chi connectivity index (χ1) is 6.63. The minimum absolute atomic E-state index is 0.00259. The van der Waals surface area contributed by atoms with E-state index < -0.39 is 5.97 Å². The summed E-state index contributed by atoms with van der Waals surface area (Å²) in [6.07, 6.45) is 0.00259. The lowest BCUT2D eigenvalue weighted by molar-refractivity contribution is -0.136. The van der Waals surface area contributed by atoms with Crippen LogP contribution in [0.15, 0.2) is 23.1 Å². The van der Waals surface area contributed by atoms with Crippen LogP contribution in [0.5, 0.6) is 5.75 Å². The van der Waals surface area contributed by atoms with Crippen molar-refractivity contribution in [1.29, 1.82) is 0 Å². The minimum Gasteiger partial charge on any atom is -0.508 e. The van der Waals surface area contributed by atoms with Gasteiger partial charge < -0.3 is 10.2 Å². The molecule has 0 radical (unpaired) electrons. The van der Waals surface area contributed by atoms with Crippen molar-refractivity contribution in [2.45, 2.75) is 18.2 Å². The standard InChI is InChI=1S/C10H12O3S/c1-2-14-9-6-8(11)4-3-7(9)5-10(12)13/h3-4,6,11H,2,5H2,1H3,(H,12,13). The molecule has 0 fully saturated rings. The van der Waals surface area contributed by atoms with E-state index in [0.29, 0.717) is 0 Å². The molecular weight excluding hydrogens is 200 g/mol. The maximum atomic E-state index is 10.5. The molecular formula is C10H12O3S. The molecule has 0 saturated heterocycles. The lowest BCUT2D eigenvalue weighted by atomic mass is 10.1. The highest BCUT2D eigenvalue weighted by molar-refractivity contribution is 7.99. The fourth-order valence-corrected chi connectivity index (χ4v) is 1.98. The Labute approximate surface area is 86.8 Å². The van der Waals surface area contributed by atoms with Crippen molar-refractivity contribution < 1.29 is 15.0 Å². The lowest BCUT2D eigenvalue weighted by Crippen LogP contribution is -2.01. The number of thioether (sulfide) groups is 1. The van der Waals surface area contributed by atoms with Gasteiger partial charge >= 0.3 is 5.97 Å². The molecule has 0 heterocycles. The van der Waals surface area contributed by atoms with E-state index in [0.717, 1.165) is 16.2 Å². The number of hydrogen-bond acceptors (Lipinski definition) is 3. The van der Waals surface area contributed by atoms with Gasteiger partial charge in [-0.3, -0.25) is 4.79 Å². The van der Waals surface area contributed by atoms with Gasteiger partial charge in [0.2, 0.25) is 0 Å². The molecule has 0 aliphatic carbocycles. The highest BCUT2D eigenvalue weighted by atomic mass is 32.2. The number of rotatable bonds is 4. The molecule has 0 aromatic heterocycles. The maximum Gasteiger partial charge on any atom is 0.307 e. The Morgan fingerprint density at radius 1 is 1.50 bits per heavy atom. The number of carbonyl (C=O) groups is 1. The van der Waals surface area contributed by atoms with Crippen LogP contribution in [0.4, 0.5) is 0 Å². The summed E-state index contributed by atoms with van der Waals surface area (Å²) in [4.78, 5) is 11.4. The molecule has 0 aliphatic heterocycles. The van der Waals surface area contributed by atoms with Gasteiger partial charge in [0, 0.05) is 4.90 Å². The van der Waals surface area contributed by atoms with Gasteiger partial charge in [0.1, 0.15) is 5.75 Å². The average molecular weight is 212 g/mol. The number of aromatic hydroxyl groups is 1. The second kappa shape index (κ2) is 4.91. The Hall–Kier alpha value is -1.16. The normalized spacial score (nSPS) is 10.1. The number of carboxylic acid groups (broad SMARTS) is 1. The van der Waals surface area contributed by atoms with Crippen molar-refractivity contribution in [3.63, 3.8) is 0 Å². The first-order valence-electron chi connectivity index (χ1n) is 4.30. The topological polar surface area (TPSA) is 57.5 Å². The van der Waals surface area contributed by atoms with E-state index in [9.17, 15) is 9.90 Å². The summed E-state index contributed by atoms with van der Waals surface area (Å²) >= 11 is 1.53. The van der Waals surface area contributed by atoms with Crippen LogP contribution in [0.3, 0.4) is 0 Å². The van der Waals surface area contributed by atoms with Crippen LogP contribution in [0.25, 0.3) is 0 Å². The first kappa shape index (κ1) is 10.9. The second-order valence-electron chi connectivity index (χ2n) is 2.80. The van der Waals surface area contributed by atoms with Gasteiger partial charge in [-0.25, -0.2) is 0 Å². The quantitative estimate of drug-likeness (QED) is 0.751. The Bertz CT molecular complexity index is 336. The molecule has 76 valence electrons. The number of hydrogen-bond donors (Lipinski definition) is 2. The molecule has 0 bridgehead atoms. The van der Waals surface area contributed by atoms with Crippen molar-refractivity contribution >= 4 is 17.7 Å². The molecule has 0 saturated carbocycles. The summed E-state index contributed by atoms with van der Waals surface area (Å²) in [6.45, 7) is 1.99. The number of carboxylic acids is 1. The van der Waals surface area contributed by atoms with Crippen LogP contribution in [0.2, 0.25) is 0 Å². The van der Waals surface area contributed by atoms with Crippen LogP contribution in [0.1, 0.15) is 12.5 Å². The summed E-state index contributed by atoms with van der Waals surface area (Å²) in [5, 5.41) is 17.9. The monoisotopic (exact) mass is 212 g/mol. The fourth-order valence-electron chi connectivity index (χ4n) is 1.14. The number of aliphatic carboxylic acids is 1. The van der Waals surface area contributed by atoms with Crippen LogP contribution in [-0.2, 0) is 11.2 Å². The summed E-state index contributed by atoms with van der Waals surface area (Å²) in [5.74, 6) is 0.180. The van der Waals surface area contributed by atoms with Crippen LogP contribution in [-0.4, -0.2) is 21.9 Å². The van der Waals surface area contributed by atoms with Crippen molar-refractivity contribution in [2.24, 2.45) is 0 Å². The Morgan fingerprint density at radius 2 is 2.21 bits per heavy atom. The molecule has 0 atom stereocenters. The number of phenols is 1. The molecule has 14 heavy (non-hydrogen) atoms. The van der Waals surface area contributed by atoms with Crippen molar-refractivity contribution in [3.8, 4) is 5.75 Å². The summed E-state index contributed by atoms with van der Waals surface area (Å²) in [7, 11) is 0. The van der Waals surface area contributed by atoms with E-state index in [1.54, 1.807) is 12.1 Å². The molecule has 0 spiro atoms. The van der Waals surface area contributed by atoms with Crippen molar-refractivity contribution in [1.82, 2.24) is 0 Å². The van der Waals surface area contributed by atoms with Crippen LogP contribution >= 0.6 is 11.8 Å². The Morgan fingerprint density at radius 3 is 2.79 bits per heavy atom. The first-order valence-corrected chi connectivity index (χ1v) is 5.28. The fraction of sp³-hybridized carbons (Fsp3) is 0.300. The third-order valence-electron chi connectivity index (χ3n) is 1.69. The zero-order valence-electron chi connectivity index (χ0n) is 7.86. The summed E-state index contributed by atoms with van der Waals surface area (Å²) in [5.41, 5.74) is 0.752. The van der Waals surface area contributed by atoms with E-state index in [1.165, 1.54) is 17.8 Å². The van der Waals surface area contributed by atoms with Crippen molar-refractivity contribution in [2.75, 3.05) is 5.75 Å². The molecule has 1 aromatic carbocycles. The summed E-state index contributed by atoms with van der Waals surface area (Å²) < 4.78 is 0. The largest absolute Gasteiger partial charge is 0.508 e. The Kier molecular flexibility index (Phi) is 3.83. The smallest absolute Gasteiger partial charge is 0.307 e. The summed E-state index contributed by atoms with van der Waals surface area (Å²) in [6, 6.07) is 4.77. The highest BCUT2D eigenvalue weighted by Gasteiger charge is 2.07. The molecule has 0 unspecified atom stereocenters. The molecule has 1 aromatic rings. The third-order valence-corrected chi connectivity index (χ3v) is 2.67. The molecule has 2 N–H and O–H groups in total. The van der Waals surface area contributed by atoms with Crippen LogP contribution in [0, 0.1) is 0 Å². The van der Waals surface area contributed by atoms with Crippen LogP contribution < -0.4 is 0 Å². The van der Waals surface area contributed by atoms with Gasteiger partial charge in [0.25, 0.3) is 0 Å². The van der Waals surface area contributed by atoms with Gasteiger partial charge in [0.05, 0.1) is 6.42 Å². The predicted octanol–water partition coefficient (Wildman–Crippen LogP) is 2.13. The zero-order chi connectivity index (χ0) is 10.6. The van der Waals surface area contributed by atoms with Gasteiger partial charge in [0.15, 0.2) is 0 Å². The SMILES string of the molecule is CCSc1cc(O)ccc1CC(=O)O. The predicted molar refractivity (Wildman–Crippen MR) is 55.8 cm³/mol. The Balaban J connectivity index is 2.95. The second-order valence-corrected chi connectivity index (χ2v) is 4.10. The molecule has 1 rings (SSSR count). The molecule has 4 heteroatoms. The van der Waals surface area contributed by atoms with Gasteiger partial charge in [-0.15, -0.1) is 11.8 Å². The van der Waals surface area contributed by atoms with E-state index in [1.807, 2.05) is 6.92 Å². The molecule has 0 aliphatic rings. The average Bonchev–Trinajstić information content (AvgIpc) is 2.09. The van der Waals surface area contributed by atoms with E-state index in [2.05, 4.69) is 0 Å². The van der Waals surface area contributed by atoms with Gasteiger partial charge in [-0.1, -0.05) is 13.0 Å². The maximum absolute atomic E-state index is 10.5. The van der Waals surface area contributed by atoms with Gasteiger partial charge in [-0.05, 0) is 23.4 Å². The van der Waals surface area contributed by atoms with Crippen molar-refractivity contribution in [3.05, 3.63) is 23.8 Å². The highest BCUT2D eigenvalue weighted by Crippen LogP contribution is 2.26. The lowest BCUT2D eigenvalue weighted by Gasteiger charge is -2.06. The van der Waals surface area contributed by atoms with E-state index >= 15 is 0 Å².